The highest BCUT2D eigenvalue weighted by Crippen LogP contribution is 2.29. The van der Waals surface area contributed by atoms with Crippen molar-refractivity contribution in [1.82, 2.24) is 15.6 Å². The van der Waals surface area contributed by atoms with Crippen molar-refractivity contribution in [1.29, 1.82) is 0 Å². The van der Waals surface area contributed by atoms with E-state index in [1.165, 1.54) is 32.1 Å². The second kappa shape index (κ2) is 10.5. The summed E-state index contributed by atoms with van der Waals surface area (Å²) in [6.07, 6.45) is 7.62. The van der Waals surface area contributed by atoms with E-state index < -0.39 is 5.97 Å². The van der Waals surface area contributed by atoms with Gasteiger partial charge in [0.1, 0.15) is 5.82 Å². The first kappa shape index (κ1) is 22.8. The van der Waals surface area contributed by atoms with Gasteiger partial charge in [-0.3, -0.25) is 9.59 Å². The molecule has 0 radical (unpaired) electrons. The number of hydrogen-bond acceptors (Lipinski definition) is 5. The van der Waals surface area contributed by atoms with Crippen LogP contribution in [0.3, 0.4) is 0 Å². The number of carboxylic acids is 1. The van der Waals surface area contributed by atoms with E-state index in [2.05, 4.69) is 15.5 Å². The van der Waals surface area contributed by atoms with Gasteiger partial charge < -0.3 is 20.6 Å². The third-order valence-electron chi connectivity index (χ3n) is 6.57. The van der Waals surface area contributed by atoms with Crippen LogP contribution in [0, 0.1) is 5.92 Å². The number of hydrogen-bond donors (Lipinski definition) is 3. The second-order valence-corrected chi connectivity index (χ2v) is 9.31. The van der Waals surface area contributed by atoms with E-state index >= 15 is 0 Å². The molecule has 1 aromatic carbocycles. The average Bonchev–Trinajstić information content (AvgIpc) is 2.75. The summed E-state index contributed by atoms with van der Waals surface area (Å²) in [4.78, 5) is 30.4. The van der Waals surface area contributed by atoms with Gasteiger partial charge in [0.2, 0.25) is 0 Å². The van der Waals surface area contributed by atoms with Crippen LogP contribution >= 0.6 is 11.6 Å². The van der Waals surface area contributed by atoms with Crippen LogP contribution in [-0.2, 0) is 4.79 Å². The van der Waals surface area contributed by atoms with Gasteiger partial charge in [0, 0.05) is 37.6 Å². The summed E-state index contributed by atoms with van der Waals surface area (Å²) in [7, 11) is 0. The van der Waals surface area contributed by atoms with Crippen molar-refractivity contribution in [3.63, 3.8) is 0 Å². The van der Waals surface area contributed by atoms with Gasteiger partial charge in [-0.1, -0.05) is 43.7 Å². The van der Waals surface area contributed by atoms with Crippen LogP contribution in [0.1, 0.15) is 55.3 Å². The number of aliphatic carboxylic acids is 1. The van der Waals surface area contributed by atoms with Gasteiger partial charge in [-0.2, -0.15) is 0 Å². The summed E-state index contributed by atoms with van der Waals surface area (Å²) in [5.74, 6) is 0.630. The number of nitrogens with zero attached hydrogens (tertiary/aromatic N) is 2. The van der Waals surface area contributed by atoms with E-state index in [4.69, 9.17) is 21.7 Å². The first-order chi connectivity index (χ1) is 15.5. The fourth-order valence-corrected chi connectivity index (χ4v) is 4.96. The molecule has 2 heterocycles. The maximum absolute atomic E-state index is 12.9. The van der Waals surface area contributed by atoms with E-state index in [0.717, 1.165) is 42.1 Å². The minimum atomic E-state index is -0.794. The molecule has 2 fully saturated rings. The monoisotopic (exact) mass is 458 g/mol. The Morgan fingerprint density at radius 1 is 1.09 bits per heavy atom. The largest absolute Gasteiger partial charge is 0.481 e. The van der Waals surface area contributed by atoms with E-state index in [-0.39, 0.29) is 18.4 Å². The molecule has 1 aliphatic heterocycles. The number of halogens is 1. The molecule has 3 N–H and O–H groups in total. The second-order valence-electron chi connectivity index (χ2n) is 8.91. The lowest BCUT2D eigenvalue weighted by atomic mass is 9.87. The van der Waals surface area contributed by atoms with Crippen LogP contribution < -0.4 is 15.5 Å². The minimum absolute atomic E-state index is 0.122. The summed E-state index contributed by atoms with van der Waals surface area (Å²) in [6, 6.07) is 7.70. The van der Waals surface area contributed by atoms with Gasteiger partial charge in [0.25, 0.3) is 5.91 Å². The standard InChI is InChI=1S/C24H31ClN4O3/c25-19-7-8-20-18(23(19)24(32)27-12-10-16-4-2-1-3-5-16)6-9-21(28-20)29-14-17(15-29)26-13-11-22(30)31/h6-9,16-17,26H,1-5,10-15H2,(H,27,32)(H,30,31). The molecule has 172 valence electrons. The zero-order valence-electron chi connectivity index (χ0n) is 18.3. The lowest BCUT2D eigenvalue weighted by Gasteiger charge is -2.40. The molecule has 1 aromatic heterocycles. The predicted molar refractivity (Wildman–Crippen MR) is 127 cm³/mol. The third kappa shape index (κ3) is 5.51. The van der Waals surface area contributed by atoms with Gasteiger partial charge in [-0.25, -0.2) is 4.98 Å². The molecule has 7 nitrogen and oxygen atoms in total. The van der Waals surface area contributed by atoms with Crippen LogP contribution in [0.15, 0.2) is 24.3 Å². The molecule has 0 atom stereocenters. The lowest BCUT2D eigenvalue weighted by Crippen LogP contribution is -2.58. The van der Waals surface area contributed by atoms with Gasteiger partial charge in [0.15, 0.2) is 0 Å². The number of aromatic nitrogens is 1. The molecule has 0 spiro atoms. The molecule has 0 bridgehead atoms. The summed E-state index contributed by atoms with van der Waals surface area (Å²) in [5.41, 5.74) is 1.23. The zero-order valence-corrected chi connectivity index (χ0v) is 19.0. The van der Waals surface area contributed by atoms with Crippen molar-refractivity contribution in [2.45, 2.75) is 51.0 Å². The van der Waals surface area contributed by atoms with Gasteiger partial charge in [-0.15, -0.1) is 0 Å². The van der Waals surface area contributed by atoms with Crippen molar-refractivity contribution in [2.75, 3.05) is 31.1 Å². The number of amides is 1. The minimum Gasteiger partial charge on any atom is -0.481 e. The molecule has 0 unspecified atom stereocenters. The van der Waals surface area contributed by atoms with Crippen LogP contribution in [0.4, 0.5) is 5.82 Å². The molecule has 4 rings (SSSR count). The number of benzene rings is 1. The summed E-state index contributed by atoms with van der Waals surface area (Å²) in [5, 5.41) is 16.2. The Hall–Kier alpha value is -2.38. The maximum atomic E-state index is 12.9. The molecule has 1 saturated carbocycles. The third-order valence-corrected chi connectivity index (χ3v) is 6.89. The SMILES string of the molecule is O=C(O)CCNC1CN(c2ccc3c(C(=O)NCCC4CCCCC4)c(Cl)ccc3n2)C1. The Morgan fingerprint density at radius 2 is 1.88 bits per heavy atom. The van der Waals surface area contributed by atoms with Crippen LogP contribution in [-0.4, -0.2) is 54.2 Å². The van der Waals surface area contributed by atoms with Crippen molar-refractivity contribution in [2.24, 2.45) is 5.92 Å². The number of anilines is 1. The molecule has 1 aliphatic carbocycles. The predicted octanol–water partition coefficient (Wildman–Crippen LogP) is 3.84. The first-order valence-electron chi connectivity index (χ1n) is 11.6. The number of rotatable bonds is 9. The maximum Gasteiger partial charge on any atom is 0.304 e. The van der Waals surface area contributed by atoms with Gasteiger partial charge >= 0.3 is 5.97 Å². The van der Waals surface area contributed by atoms with E-state index in [1.54, 1.807) is 6.07 Å². The number of pyridine rings is 1. The number of nitrogens with one attached hydrogen (secondary N) is 2. The van der Waals surface area contributed by atoms with Crippen molar-refractivity contribution in [3.8, 4) is 0 Å². The Labute approximate surface area is 193 Å². The number of fused-ring (bicyclic) bond motifs is 1. The summed E-state index contributed by atoms with van der Waals surface area (Å²) < 4.78 is 0. The molecule has 1 amide bonds. The quantitative estimate of drug-likeness (QED) is 0.528. The normalized spacial score (nSPS) is 17.3. The van der Waals surface area contributed by atoms with Crippen LogP contribution in [0.5, 0.6) is 0 Å². The first-order valence-corrected chi connectivity index (χ1v) is 12.0. The van der Waals surface area contributed by atoms with Gasteiger partial charge in [0.05, 0.1) is 22.5 Å². The molecule has 2 aliphatic rings. The van der Waals surface area contributed by atoms with E-state index in [1.807, 2.05) is 18.2 Å². The number of carbonyl (C=O) groups is 2. The Balaban J connectivity index is 1.37. The topological polar surface area (TPSA) is 94.6 Å². The summed E-state index contributed by atoms with van der Waals surface area (Å²) in [6.45, 7) is 2.70. The zero-order chi connectivity index (χ0) is 22.5. The highest BCUT2D eigenvalue weighted by atomic mass is 35.5. The van der Waals surface area contributed by atoms with Crippen molar-refractivity contribution >= 4 is 40.2 Å². The molecule has 32 heavy (non-hydrogen) atoms. The van der Waals surface area contributed by atoms with Crippen LogP contribution in [0.2, 0.25) is 5.02 Å². The Bertz CT molecular complexity index is 971. The lowest BCUT2D eigenvalue weighted by molar-refractivity contribution is -0.136. The van der Waals surface area contributed by atoms with E-state index in [0.29, 0.717) is 23.7 Å². The van der Waals surface area contributed by atoms with Crippen molar-refractivity contribution in [3.05, 3.63) is 34.9 Å². The molecular weight excluding hydrogens is 428 g/mol. The van der Waals surface area contributed by atoms with Gasteiger partial charge in [-0.05, 0) is 36.6 Å². The Morgan fingerprint density at radius 3 is 2.62 bits per heavy atom. The molecule has 2 aromatic rings. The average molecular weight is 459 g/mol. The van der Waals surface area contributed by atoms with E-state index in [9.17, 15) is 9.59 Å². The number of carboxylic acid groups (broad SMARTS) is 1. The molecular formula is C24H31ClN4O3. The highest BCUT2D eigenvalue weighted by Gasteiger charge is 2.27. The fraction of sp³-hybridized carbons (Fsp3) is 0.542. The summed E-state index contributed by atoms with van der Waals surface area (Å²) >= 11 is 6.41. The highest BCUT2D eigenvalue weighted by molar-refractivity contribution is 6.35. The Kier molecular flexibility index (Phi) is 7.48. The molecule has 1 saturated heterocycles. The fourth-order valence-electron chi connectivity index (χ4n) is 4.71. The smallest absolute Gasteiger partial charge is 0.304 e. The van der Waals surface area contributed by atoms with Crippen LogP contribution in [0.25, 0.3) is 10.9 Å². The van der Waals surface area contributed by atoms with Crippen molar-refractivity contribution < 1.29 is 14.7 Å². The molecule has 8 heteroatoms. The number of carbonyl (C=O) groups excluding carboxylic acids is 1.